The van der Waals surface area contributed by atoms with E-state index in [1.165, 1.54) is 0 Å². The van der Waals surface area contributed by atoms with Crippen molar-refractivity contribution in [1.29, 1.82) is 0 Å². The minimum atomic E-state index is 0.518. The molecule has 16 heavy (non-hydrogen) atoms. The number of guanidine groups is 1. The normalized spacial score (nSPS) is 11.5. The fourth-order valence-electron chi connectivity index (χ4n) is 1.52. The summed E-state index contributed by atoms with van der Waals surface area (Å²) >= 11 is 0. The molecule has 0 amide bonds. The molecule has 0 fully saturated rings. The molecule has 0 atom stereocenters. The van der Waals surface area contributed by atoms with Gasteiger partial charge in [-0.3, -0.25) is 15.4 Å². The molecule has 4 N–H and O–H groups in total. The van der Waals surface area contributed by atoms with Crippen LogP contribution in [0.1, 0.15) is 0 Å². The molecular weight excluding hydrogens is 202 g/mol. The predicted octanol–water partition coefficient (Wildman–Crippen LogP) is 1.10. The average molecular weight is 215 g/mol. The Balaban J connectivity index is 2.44. The molecule has 0 aliphatic heterocycles. The first-order chi connectivity index (χ1) is 7.85. The number of pyridine rings is 1. The molecule has 0 saturated carbocycles. The van der Waals surface area contributed by atoms with Crippen LogP contribution in [0, 0.1) is 0 Å². The van der Waals surface area contributed by atoms with Gasteiger partial charge in [-0.05, 0) is 12.1 Å². The SMILES string of the molecule is CN=C(NN)Nc1cccc2cnccc12. The zero-order valence-corrected chi connectivity index (χ0v) is 8.94. The second-order valence-corrected chi connectivity index (χ2v) is 3.24. The zero-order valence-electron chi connectivity index (χ0n) is 8.94. The van der Waals surface area contributed by atoms with E-state index in [1.54, 1.807) is 13.2 Å². The third-order valence-electron chi connectivity index (χ3n) is 2.29. The molecule has 0 saturated heterocycles. The van der Waals surface area contributed by atoms with Crippen LogP contribution in [0.3, 0.4) is 0 Å². The quantitative estimate of drug-likeness (QED) is 0.288. The number of hydrazine groups is 1. The standard InChI is InChI=1S/C11H13N5/c1-13-11(16-12)15-10-4-2-3-8-7-14-6-5-9(8)10/h2-7H,12H2,1H3,(H2,13,15,16). The Morgan fingerprint density at radius 1 is 1.38 bits per heavy atom. The maximum atomic E-state index is 5.32. The van der Waals surface area contributed by atoms with E-state index in [1.807, 2.05) is 30.5 Å². The third kappa shape index (κ3) is 1.94. The smallest absolute Gasteiger partial charge is 0.209 e. The van der Waals surface area contributed by atoms with Crippen LogP contribution < -0.4 is 16.6 Å². The number of anilines is 1. The number of hydrogen-bond donors (Lipinski definition) is 3. The molecule has 0 unspecified atom stereocenters. The second-order valence-electron chi connectivity index (χ2n) is 3.24. The number of nitrogens with one attached hydrogen (secondary N) is 2. The van der Waals surface area contributed by atoms with Gasteiger partial charge in [-0.25, -0.2) is 5.84 Å². The summed E-state index contributed by atoms with van der Waals surface area (Å²) in [6.07, 6.45) is 3.57. The molecule has 0 radical (unpaired) electrons. The number of benzene rings is 1. The van der Waals surface area contributed by atoms with Gasteiger partial charge in [-0.15, -0.1) is 0 Å². The lowest BCUT2D eigenvalue weighted by Gasteiger charge is -2.10. The number of aromatic nitrogens is 1. The summed E-state index contributed by atoms with van der Waals surface area (Å²) in [5, 5.41) is 5.25. The molecule has 0 bridgehead atoms. The first-order valence-electron chi connectivity index (χ1n) is 4.88. The van der Waals surface area contributed by atoms with Crippen molar-refractivity contribution >= 4 is 22.4 Å². The molecule has 0 aliphatic rings. The van der Waals surface area contributed by atoms with Crippen LogP contribution in [0.25, 0.3) is 10.8 Å². The first-order valence-corrected chi connectivity index (χ1v) is 4.88. The van der Waals surface area contributed by atoms with E-state index in [9.17, 15) is 0 Å². The Bertz CT molecular complexity index is 515. The molecule has 1 heterocycles. The Kier molecular flexibility index (Phi) is 2.98. The van der Waals surface area contributed by atoms with E-state index in [0.717, 1.165) is 16.5 Å². The van der Waals surface area contributed by atoms with Crippen molar-refractivity contribution < 1.29 is 0 Å². The van der Waals surface area contributed by atoms with Crippen molar-refractivity contribution in [2.75, 3.05) is 12.4 Å². The summed E-state index contributed by atoms with van der Waals surface area (Å²) in [7, 11) is 1.66. The van der Waals surface area contributed by atoms with Crippen LogP contribution in [-0.2, 0) is 0 Å². The van der Waals surface area contributed by atoms with Crippen molar-refractivity contribution in [3.8, 4) is 0 Å². The Hall–Kier alpha value is -2.14. The van der Waals surface area contributed by atoms with E-state index in [4.69, 9.17) is 5.84 Å². The molecule has 1 aromatic heterocycles. The predicted molar refractivity (Wildman–Crippen MR) is 66.0 cm³/mol. The van der Waals surface area contributed by atoms with Gasteiger partial charge in [-0.1, -0.05) is 12.1 Å². The van der Waals surface area contributed by atoms with Crippen LogP contribution in [0.2, 0.25) is 0 Å². The van der Waals surface area contributed by atoms with Crippen molar-refractivity contribution in [2.45, 2.75) is 0 Å². The number of fused-ring (bicyclic) bond motifs is 1. The molecule has 82 valence electrons. The molecule has 0 aliphatic carbocycles. The molecule has 2 aromatic rings. The van der Waals surface area contributed by atoms with Gasteiger partial charge in [-0.2, -0.15) is 0 Å². The number of hydrogen-bond acceptors (Lipinski definition) is 3. The lowest BCUT2D eigenvalue weighted by Crippen LogP contribution is -2.36. The van der Waals surface area contributed by atoms with Gasteiger partial charge >= 0.3 is 0 Å². The van der Waals surface area contributed by atoms with Gasteiger partial charge < -0.3 is 5.32 Å². The van der Waals surface area contributed by atoms with Gasteiger partial charge in [0.15, 0.2) is 0 Å². The minimum Gasteiger partial charge on any atom is -0.325 e. The Labute approximate surface area is 93.4 Å². The largest absolute Gasteiger partial charge is 0.325 e. The van der Waals surface area contributed by atoms with Gasteiger partial charge in [0.1, 0.15) is 0 Å². The van der Waals surface area contributed by atoms with Crippen LogP contribution in [-0.4, -0.2) is 18.0 Å². The topological polar surface area (TPSA) is 75.3 Å². The summed E-state index contributed by atoms with van der Waals surface area (Å²) in [5.74, 6) is 5.84. The second kappa shape index (κ2) is 4.59. The molecule has 5 heteroatoms. The fraction of sp³-hybridized carbons (Fsp3) is 0.0909. The van der Waals surface area contributed by atoms with Crippen LogP contribution in [0.15, 0.2) is 41.7 Å². The fourth-order valence-corrected chi connectivity index (χ4v) is 1.52. The monoisotopic (exact) mass is 215 g/mol. The lowest BCUT2D eigenvalue weighted by molar-refractivity contribution is 1.01. The average Bonchev–Trinajstić information content (AvgIpc) is 2.36. The Morgan fingerprint density at radius 2 is 2.25 bits per heavy atom. The summed E-state index contributed by atoms with van der Waals surface area (Å²) in [4.78, 5) is 8.04. The highest BCUT2D eigenvalue weighted by Gasteiger charge is 2.01. The summed E-state index contributed by atoms with van der Waals surface area (Å²) in [5.41, 5.74) is 3.43. The van der Waals surface area contributed by atoms with E-state index in [-0.39, 0.29) is 0 Å². The van der Waals surface area contributed by atoms with Gasteiger partial charge in [0.2, 0.25) is 5.96 Å². The number of nitrogens with two attached hydrogens (primary N) is 1. The highest BCUT2D eigenvalue weighted by atomic mass is 15.3. The van der Waals surface area contributed by atoms with Crippen LogP contribution >= 0.6 is 0 Å². The van der Waals surface area contributed by atoms with E-state index in [2.05, 4.69) is 20.7 Å². The van der Waals surface area contributed by atoms with Gasteiger partial charge in [0.05, 0.1) is 0 Å². The number of aliphatic imine (C=N–C) groups is 1. The van der Waals surface area contributed by atoms with E-state index in [0.29, 0.717) is 5.96 Å². The van der Waals surface area contributed by atoms with Gasteiger partial charge in [0, 0.05) is 35.9 Å². The highest BCUT2D eigenvalue weighted by Crippen LogP contribution is 2.21. The van der Waals surface area contributed by atoms with E-state index < -0.39 is 0 Å². The van der Waals surface area contributed by atoms with Crippen LogP contribution in [0.5, 0.6) is 0 Å². The maximum absolute atomic E-state index is 5.32. The van der Waals surface area contributed by atoms with Crippen LogP contribution in [0.4, 0.5) is 5.69 Å². The number of nitrogens with zero attached hydrogens (tertiary/aromatic N) is 2. The first kappa shape index (κ1) is 10.4. The highest BCUT2D eigenvalue weighted by molar-refractivity contribution is 6.02. The van der Waals surface area contributed by atoms with Crippen molar-refractivity contribution in [3.05, 3.63) is 36.7 Å². The lowest BCUT2D eigenvalue weighted by atomic mass is 10.1. The maximum Gasteiger partial charge on any atom is 0.209 e. The zero-order chi connectivity index (χ0) is 11.4. The summed E-state index contributed by atoms with van der Waals surface area (Å²) < 4.78 is 0. The van der Waals surface area contributed by atoms with Crippen molar-refractivity contribution in [2.24, 2.45) is 10.8 Å². The van der Waals surface area contributed by atoms with Crippen molar-refractivity contribution in [1.82, 2.24) is 10.4 Å². The third-order valence-corrected chi connectivity index (χ3v) is 2.29. The molecule has 1 aromatic carbocycles. The van der Waals surface area contributed by atoms with E-state index >= 15 is 0 Å². The molecule has 0 spiro atoms. The summed E-state index contributed by atoms with van der Waals surface area (Å²) in [6, 6.07) is 7.87. The molecule has 5 nitrogen and oxygen atoms in total. The molecule has 2 rings (SSSR count). The summed E-state index contributed by atoms with van der Waals surface area (Å²) in [6.45, 7) is 0. The number of rotatable bonds is 1. The minimum absolute atomic E-state index is 0.518. The van der Waals surface area contributed by atoms with Gasteiger partial charge in [0.25, 0.3) is 0 Å². The van der Waals surface area contributed by atoms with Crippen molar-refractivity contribution in [3.63, 3.8) is 0 Å². The Morgan fingerprint density at radius 3 is 3.00 bits per heavy atom. The molecular formula is C11H13N5.